The molecule has 0 bridgehead atoms. The summed E-state index contributed by atoms with van der Waals surface area (Å²) >= 11 is 0. The first kappa shape index (κ1) is 23.7. The minimum Gasteiger partial charge on any atom is -0.437 e. The third-order valence-corrected chi connectivity index (χ3v) is 5.36. The number of hydrogen-bond donors (Lipinski definition) is 3. The highest BCUT2D eigenvalue weighted by Gasteiger charge is 2.22. The maximum atomic E-state index is 12.2. The van der Waals surface area contributed by atoms with E-state index in [4.69, 9.17) is 4.74 Å². The summed E-state index contributed by atoms with van der Waals surface area (Å²) < 4.78 is 5.79. The Hall–Kier alpha value is -4.42. The van der Waals surface area contributed by atoms with Gasteiger partial charge in [0.2, 0.25) is 11.8 Å². The van der Waals surface area contributed by atoms with Crippen molar-refractivity contribution < 1.29 is 9.53 Å². The highest BCUT2D eigenvalue weighted by Crippen LogP contribution is 2.35. The Morgan fingerprint density at radius 1 is 1.11 bits per heavy atom. The number of para-hydroxylation sites is 2. The molecule has 3 N–H and O–H groups in total. The maximum Gasteiger partial charge on any atom is 0.251 e. The quantitative estimate of drug-likeness (QED) is 0.410. The van der Waals surface area contributed by atoms with Crippen LogP contribution in [0.15, 0.2) is 66.7 Å². The molecule has 3 aromatic rings. The largest absolute Gasteiger partial charge is 0.437 e. The van der Waals surface area contributed by atoms with E-state index >= 15 is 0 Å². The van der Waals surface area contributed by atoms with Crippen LogP contribution < -0.4 is 20.7 Å². The average molecular weight is 470 g/mol. The Labute approximate surface area is 204 Å². The zero-order valence-electron chi connectivity index (χ0n) is 19.7. The fraction of sp³-hybridized carbons (Fsp3) is 0.231. The number of carbonyl (C=O) groups excluding carboxylic acids is 1. The van der Waals surface area contributed by atoms with Crippen LogP contribution in [0.2, 0.25) is 0 Å². The van der Waals surface area contributed by atoms with Crippen LogP contribution in [-0.4, -0.2) is 54.5 Å². The second-order valence-corrected chi connectivity index (χ2v) is 8.24. The fourth-order valence-corrected chi connectivity index (χ4v) is 3.47. The van der Waals surface area contributed by atoms with Gasteiger partial charge in [-0.25, -0.2) is 9.97 Å². The molecule has 178 valence electrons. The maximum absolute atomic E-state index is 12.2. The summed E-state index contributed by atoms with van der Waals surface area (Å²) in [5.41, 5.74) is 3.29. The van der Waals surface area contributed by atoms with Gasteiger partial charge in [-0.05, 0) is 56.4 Å². The van der Waals surface area contributed by atoms with Crippen molar-refractivity contribution in [1.29, 1.82) is 5.26 Å². The van der Waals surface area contributed by atoms with Gasteiger partial charge in [0.25, 0.3) is 5.91 Å². The number of carbonyl (C=O) groups is 1. The van der Waals surface area contributed by atoms with E-state index in [1.165, 1.54) is 0 Å². The molecule has 0 spiro atoms. The van der Waals surface area contributed by atoms with E-state index < -0.39 is 0 Å². The first-order chi connectivity index (χ1) is 17.0. The molecule has 9 nitrogen and oxygen atoms in total. The number of fused-ring (bicyclic) bond motifs is 1. The van der Waals surface area contributed by atoms with Crippen molar-refractivity contribution in [3.05, 3.63) is 83.5 Å². The van der Waals surface area contributed by atoms with Crippen LogP contribution in [0, 0.1) is 11.3 Å². The summed E-state index contributed by atoms with van der Waals surface area (Å²) in [7, 11) is 3.94. The minimum absolute atomic E-state index is 0.0759. The van der Waals surface area contributed by atoms with Gasteiger partial charge in [0.1, 0.15) is 11.6 Å². The number of likely N-dealkylation sites (N-methyl/N-ethyl adjacent to an activating group) is 1. The SMILES string of the molecule is CN(C)CCNC(=O)c1ccc(CCNc2nccc(/C(C#N)=C3\Nc4ccccc4O3)n2)cc1. The number of nitrogens with one attached hydrogen (secondary N) is 3. The molecular weight excluding hydrogens is 442 g/mol. The number of amides is 1. The zero-order chi connectivity index (χ0) is 24.6. The van der Waals surface area contributed by atoms with Gasteiger partial charge >= 0.3 is 0 Å². The van der Waals surface area contributed by atoms with Gasteiger partial charge in [0.05, 0.1) is 11.4 Å². The van der Waals surface area contributed by atoms with Crippen LogP contribution >= 0.6 is 0 Å². The van der Waals surface area contributed by atoms with Gasteiger partial charge in [0, 0.05) is 31.4 Å². The van der Waals surface area contributed by atoms with Crippen molar-refractivity contribution >= 4 is 23.1 Å². The van der Waals surface area contributed by atoms with Gasteiger partial charge in [-0.15, -0.1) is 0 Å². The van der Waals surface area contributed by atoms with Crippen LogP contribution in [0.1, 0.15) is 21.6 Å². The van der Waals surface area contributed by atoms with Crippen LogP contribution in [0.5, 0.6) is 5.75 Å². The highest BCUT2D eigenvalue weighted by molar-refractivity contribution is 5.94. The molecule has 0 saturated heterocycles. The van der Waals surface area contributed by atoms with E-state index in [-0.39, 0.29) is 5.91 Å². The normalized spacial score (nSPS) is 13.3. The van der Waals surface area contributed by atoms with E-state index in [9.17, 15) is 10.1 Å². The molecule has 9 heteroatoms. The standard InChI is InChI=1S/C26H27N7O2/c1-33(2)16-15-28-24(34)19-9-7-18(8-10-19)11-13-29-26-30-14-12-21(32-26)20(17-27)25-31-22-5-3-4-6-23(22)35-25/h3-10,12,14,31H,11,13,15-16H2,1-2H3,(H,28,34)(H,29,30,32)/b25-20+. The van der Waals surface area contributed by atoms with Crippen LogP contribution in [-0.2, 0) is 6.42 Å². The molecule has 0 unspecified atom stereocenters. The molecule has 1 aliphatic heterocycles. The summed E-state index contributed by atoms with van der Waals surface area (Å²) in [4.78, 5) is 23.0. The van der Waals surface area contributed by atoms with Gasteiger partial charge in [-0.1, -0.05) is 24.3 Å². The number of rotatable bonds is 9. The van der Waals surface area contributed by atoms with E-state index in [1.54, 1.807) is 12.3 Å². The molecule has 0 aliphatic carbocycles. The van der Waals surface area contributed by atoms with E-state index in [1.807, 2.05) is 67.5 Å². The van der Waals surface area contributed by atoms with E-state index in [0.29, 0.717) is 47.5 Å². The second-order valence-electron chi connectivity index (χ2n) is 8.24. The van der Waals surface area contributed by atoms with E-state index in [0.717, 1.165) is 24.2 Å². The van der Waals surface area contributed by atoms with Crippen LogP contribution in [0.3, 0.4) is 0 Å². The lowest BCUT2D eigenvalue weighted by Gasteiger charge is -2.11. The molecule has 1 amide bonds. The van der Waals surface area contributed by atoms with Crippen molar-refractivity contribution in [2.24, 2.45) is 0 Å². The number of benzene rings is 2. The molecule has 2 aromatic carbocycles. The van der Waals surface area contributed by atoms with Crippen molar-refractivity contribution in [3.63, 3.8) is 0 Å². The summed E-state index contributed by atoms with van der Waals surface area (Å²) in [6, 6.07) is 18.9. The molecule has 1 aliphatic rings. The number of hydrogen-bond acceptors (Lipinski definition) is 8. The number of allylic oxidation sites excluding steroid dienone is 1. The summed E-state index contributed by atoms with van der Waals surface area (Å²) in [6.07, 6.45) is 2.33. The number of anilines is 2. The van der Waals surface area contributed by atoms with Gasteiger partial charge in [-0.3, -0.25) is 4.79 Å². The molecule has 4 rings (SSSR count). The number of nitrogens with zero attached hydrogens (tertiary/aromatic N) is 4. The second kappa shape index (κ2) is 11.1. The Morgan fingerprint density at radius 3 is 2.66 bits per heavy atom. The molecule has 1 aromatic heterocycles. The van der Waals surface area contributed by atoms with E-state index in [2.05, 4.69) is 32.0 Å². The monoisotopic (exact) mass is 469 g/mol. The Kier molecular flexibility index (Phi) is 7.55. The first-order valence-corrected chi connectivity index (χ1v) is 11.3. The molecule has 0 fully saturated rings. The third kappa shape index (κ3) is 6.13. The summed E-state index contributed by atoms with van der Waals surface area (Å²) in [5, 5.41) is 19.0. The smallest absolute Gasteiger partial charge is 0.251 e. The number of aromatic nitrogens is 2. The lowest BCUT2D eigenvalue weighted by atomic mass is 10.1. The van der Waals surface area contributed by atoms with Gasteiger partial charge in [0.15, 0.2) is 5.75 Å². The van der Waals surface area contributed by atoms with Gasteiger partial charge in [-0.2, -0.15) is 5.26 Å². The predicted octanol–water partition coefficient (Wildman–Crippen LogP) is 3.12. The van der Waals surface area contributed by atoms with Crippen molar-refractivity contribution in [2.75, 3.05) is 44.4 Å². The first-order valence-electron chi connectivity index (χ1n) is 11.3. The number of ether oxygens (including phenoxy) is 1. The number of nitriles is 1. The van der Waals surface area contributed by atoms with Crippen molar-refractivity contribution in [1.82, 2.24) is 20.2 Å². The molecule has 2 heterocycles. The molecule has 35 heavy (non-hydrogen) atoms. The van der Waals surface area contributed by atoms with Crippen LogP contribution in [0.4, 0.5) is 11.6 Å². The lowest BCUT2D eigenvalue weighted by Crippen LogP contribution is -2.31. The van der Waals surface area contributed by atoms with Crippen LogP contribution in [0.25, 0.3) is 5.57 Å². The summed E-state index contributed by atoms with van der Waals surface area (Å²) in [5.74, 6) is 1.36. The third-order valence-electron chi connectivity index (χ3n) is 5.36. The molecule has 0 atom stereocenters. The van der Waals surface area contributed by atoms with Gasteiger partial charge < -0.3 is 25.6 Å². The zero-order valence-corrected chi connectivity index (χ0v) is 19.7. The lowest BCUT2D eigenvalue weighted by molar-refractivity contribution is 0.0951. The Bertz CT molecular complexity index is 1240. The molecular formula is C26H27N7O2. The Morgan fingerprint density at radius 2 is 1.91 bits per heavy atom. The van der Waals surface area contributed by atoms with Crippen molar-refractivity contribution in [2.45, 2.75) is 6.42 Å². The predicted molar refractivity (Wildman–Crippen MR) is 135 cm³/mol. The summed E-state index contributed by atoms with van der Waals surface area (Å²) in [6.45, 7) is 2.00. The minimum atomic E-state index is -0.0759. The molecule has 0 radical (unpaired) electrons. The topological polar surface area (TPSA) is 115 Å². The fourth-order valence-electron chi connectivity index (χ4n) is 3.47. The Balaban J connectivity index is 1.33. The average Bonchev–Trinajstić information content (AvgIpc) is 3.29. The van der Waals surface area contributed by atoms with Crippen molar-refractivity contribution in [3.8, 4) is 11.8 Å². The highest BCUT2D eigenvalue weighted by atomic mass is 16.5. The molecule has 0 saturated carbocycles.